The van der Waals surface area contributed by atoms with Gasteiger partial charge in [-0.05, 0) is 31.9 Å². The molecule has 0 radical (unpaired) electrons. The molecule has 1 saturated heterocycles. The maximum atomic E-state index is 5.97. The molecule has 0 aliphatic carbocycles. The number of hydrogen-bond donors (Lipinski definition) is 1. The summed E-state index contributed by atoms with van der Waals surface area (Å²) in [5.41, 5.74) is 4.61. The van der Waals surface area contributed by atoms with E-state index in [-0.39, 0.29) is 6.10 Å². The largest absolute Gasteiger partial charge is 0.373 e. The molecule has 1 N–H and O–H groups in total. The van der Waals surface area contributed by atoms with Crippen LogP contribution < -0.4 is 5.32 Å². The van der Waals surface area contributed by atoms with Gasteiger partial charge in [-0.15, -0.1) is 0 Å². The van der Waals surface area contributed by atoms with Gasteiger partial charge in [-0.25, -0.2) is 4.98 Å². The number of fused-ring (bicyclic) bond motifs is 1. The van der Waals surface area contributed by atoms with Crippen molar-refractivity contribution in [2.45, 2.75) is 39.5 Å². The summed E-state index contributed by atoms with van der Waals surface area (Å²) in [5, 5.41) is 7.98. The Hall–Kier alpha value is -2.18. The third-order valence-electron chi connectivity index (χ3n) is 5.04. The Bertz CT molecular complexity index is 852. The number of rotatable bonds is 6. The Morgan fingerprint density at radius 1 is 1.36 bits per heavy atom. The maximum Gasteiger partial charge on any atom is 0.139 e. The molecule has 132 valence electrons. The summed E-state index contributed by atoms with van der Waals surface area (Å²) in [5.74, 6) is 0.482. The van der Waals surface area contributed by atoms with Crippen molar-refractivity contribution in [2.75, 3.05) is 13.2 Å². The molecule has 0 aromatic carbocycles. The van der Waals surface area contributed by atoms with Crippen molar-refractivity contribution in [1.82, 2.24) is 24.5 Å². The fraction of sp³-hybridized carbons (Fsp3) is 0.474. The molecular weight excluding hydrogens is 314 g/mol. The van der Waals surface area contributed by atoms with E-state index in [1.807, 2.05) is 17.1 Å². The van der Waals surface area contributed by atoms with E-state index in [0.29, 0.717) is 5.92 Å². The van der Waals surface area contributed by atoms with Gasteiger partial charge in [0.1, 0.15) is 5.65 Å². The fourth-order valence-electron chi connectivity index (χ4n) is 3.63. The summed E-state index contributed by atoms with van der Waals surface area (Å²) in [7, 11) is 0. The van der Waals surface area contributed by atoms with Crippen LogP contribution in [0.25, 0.3) is 5.65 Å². The van der Waals surface area contributed by atoms with Crippen LogP contribution >= 0.6 is 0 Å². The minimum atomic E-state index is 0.150. The molecule has 3 aromatic rings. The second kappa shape index (κ2) is 6.98. The minimum absolute atomic E-state index is 0.150. The smallest absolute Gasteiger partial charge is 0.139 e. The van der Waals surface area contributed by atoms with Crippen molar-refractivity contribution in [1.29, 1.82) is 0 Å². The highest BCUT2D eigenvalue weighted by molar-refractivity contribution is 5.48. The van der Waals surface area contributed by atoms with Gasteiger partial charge in [0.25, 0.3) is 0 Å². The lowest BCUT2D eigenvalue weighted by molar-refractivity contribution is 0.0903. The van der Waals surface area contributed by atoms with Crippen LogP contribution in [0.2, 0.25) is 0 Å². The van der Waals surface area contributed by atoms with Crippen LogP contribution in [-0.2, 0) is 17.8 Å². The number of nitrogens with one attached hydrogen (secondary N) is 1. The molecule has 2 atom stereocenters. The van der Waals surface area contributed by atoms with Gasteiger partial charge in [-0.3, -0.25) is 4.68 Å². The average molecular weight is 339 g/mol. The summed E-state index contributed by atoms with van der Waals surface area (Å²) >= 11 is 0. The van der Waals surface area contributed by atoms with E-state index in [1.165, 1.54) is 16.8 Å². The molecule has 0 bridgehead atoms. The van der Waals surface area contributed by atoms with Gasteiger partial charge in [0, 0.05) is 50.1 Å². The first kappa shape index (κ1) is 16.3. The zero-order chi connectivity index (χ0) is 17.2. The molecular formula is C19H25N5O. The van der Waals surface area contributed by atoms with Crippen molar-refractivity contribution in [3.05, 3.63) is 53.7 Å². The standard InChI is InChI=1S/C19H25N5O/c1-3-23-13-16(10-22-23)18-15(6-8-25-18)9-20-11-17-12-21-19-14(2)5-4-7-24(17)19/h4-5,7,10,12-13,15,18,20H,3,6,8-9,11H2,1-2H3/t15-,18+/m0/s1. The van der Waals surface area contributed by atoms with Crippen LogP contribution in [-0.4, -0.2) is 32.3 Å². The van der Waals surface area contributed by atoms with Crippen LogP contribution in [0.5, 0.6) is 0 Å². The van der Waals surface area contributed by atoms with Crippen LogP contribution in [0.4, 0.5) is 0 Å². The molecule has 4 heterocycles. The maximum absolute atomic E-state index is 5.97. The van der Waals surface area contributed by atoms with Crippen molar-refractivity contribution < 1.29 is 4.74 Å². The monoisotopic (exact) mass is 339 g/mol. The van der Waals surface area contributed by atoms with Gasteiger partial charge in [-0.1, -0.05) is 6.07 Å². The Balaban J connectivity index is 1.39. The number of aromatic nitrogens is 4. The third kappa shape index (κ3) is 3.19. The fourth-order valence-corrected chi connectivity index (χ4v) is 3.63. The van der Waals surface area contributed by atoms with E-state index in [0.717, 1.165) is 38.3 Å². The Morgan fingerprint density at radius 2 is 2.28 bits per heavy atom. The quantitative estimate of drug-likeness (QED) is 0.750. The third-order valence-corrected chi connectivity index (χ3v) is 5.04. The zero-order valence-electron chi connectivity index (χ0n) is 14.9. The van der Waals surface area contributed by atoms with Gasteiger partial charge in [0.05, 0.1) is 24.2 Å². The predicted molar refractivity (Wildman–Crippen MR) is 96.3 cm³/mol. The van der Waals surface area contributed by atoms with Gasteiger partial charge in [0.2, 0.25) is 0 Å². The second-order valence-corrected chi connectivity index (χ2v) is 6.73. The van der Waals surface area contributed by atoms with Crippen molar-refractivity contribution in [3.8, 4) is 0 Å². The Morgan fingerprint density at radius 3 is 3.12 bits per heavy atom. The first-order valence-corrected chi connectivity index (χ1v) is 9.02. The molecule has 4 rings (SSSR count). The Kier molecular flexibility index (Phi) is 4.55. The number of imidazole rings is 1. The van der Waals surface area contributed by atoms with Gasteiger partial charge in [-0.2, -0.15) is 5.10 Å². The molecule has 1 aliphatic heterocycles. The lowest BCUT2D eigenvalue weighted by atomic mass is 9.97. The first-order valence-electron chi connectivity index (χ1n) is 9.02. The molecule has 1 aliphatic rings. The van der Waals surface area contributed by atoms with Crippen molar-refractivity contribution in [3.63, 3.8) is 0 Å². The lowest BCUT2D eigenvalue weighted by Gasteiger charge is -2.17. The molecule has 0 amide bonds. The van der Waals surface area contributed by atoms with E-state index in [4.69, 9.17) is 4.74 Å². The summed E-state index contributed by atoms with van der Waals surface area (Å²) in [6.07, 6.45) is 9.32. The van der Waals surface area contributed by atoms with Gasteiger partial charge in [0.15, 0.2) is 0 Å². The summed E-state index contributed by atoms with van der Waals surface area (Å²) in [4.78, 5) is 4.53. The summed E-state index contributed by atoms with van der Waals surface area (Å²) in [6.45, 7) is 7.65. The summed E-state index contributed by atoms with van der Waals surface area (Å²) in [6, 6.07) is 4.16. The highest BCUT2D eigenvalue weighted by atomic mass is 16.5. The van der Waals surface area contributed by atoms with Crippen molar-refractivity contribution in [2.24, 2.45) is 5.92 Å². The molecule has 25 heavy (non-hydrogen) atoms. The normalized spacial score (nSPS) is 20.6. The first-order chi connectivity index (χ1) is 12.3. The van der Waals surface area contributed by atoms with E-state index >= 15 is 0 Å². The SMILES string of the molecule is CCn1cc([C@@H]2OCC[C@H]2CNCc2cnc3c(C)cccn23)cn1. The van der Waals surface area contributed by atoms with Crippen LogP contribution in [0, 0.1) is 12.8 Å². The highest BCUT2D eigenvalue weighted by Crippen LogP contribution is 2.33. The molecule has 3 aromatic heterocycles. The van der Waals surface area contributed by atoms with Crippen LogP contribution in [0.3, 0.4) is 0 Å². The number of hydrogen-bond acceptors (Lipinski definition) is 4. The summed E-state index contributed by atoms with van der Waals surface area (Å²) < 4.78 is 10.1. The molecule has 6 heteroatoms. The second-order valence-electron chi connectivity index (χ2n) is 6.73. The zero-order valence-corrected chi connectivity index (χ0v) is 14.9. The van der Waals surface area contributed by atoms with Gasteiger partial charge >= 0.3 is 0 Å². The Labute approximate surface area is 147 Å². The lowest BCUT2D eigenvalue weighted by Crippen LogP contribution is -2.25. The van der Waals surface area contributed by atoms with Crippen LogP contribution in [0.15, 0.2) is 36.9 Å². The molecule has 0 unspecified atom stereocenters. The van der Waals surface area contributed by atoms with E-state index < -0.39 is 0 Å². The predicted octanol–water partition coefficient (Wildman–Crippen LogP) is 2.73. The molecule has 0 spiro atoms. The molecule has 6 nitrogen and oxygen atoms in total. The minimum Gasteiger partial charge on any atom is -0.373 e. The average Bonchev–Trinajstić information content (AvgIpc) is 3.34. The topological polar surface area (TPSA) is 56.4 Å². The number of ether oxygens (including phenoxy) is 1. The number of aryl methyl sites for hydroxylation is 2. The highest BCUT2D eigenvalue weighted by Gasteiger charge is 2.30. The molecule has 1 fully saturated rings. The van der Waals surface area contributed by atoms with E-state index in [1.54, 1.807) is 0 Å². The van der Waals surface area contributed by atoms with E-state index in [9.17, 15) is 0 Å². The van der Waals surface area contributed by atoms with Crippen molar-refractivity contribution >= 4 is 5.65 Å². The van der Waals surface area contributed by atoms with Gasteiger partial charge < -0.3 is 14.5 Å². The number of pyridine rings is 1. The molecule has 0 saturated carbocycles. The number of nitrogens with zero attached hydrogens (tertiary/aromatic N) is 4. The van der Waals surface area contributed by atoms with E-state index in [2.05, 4.69) is 58.2 Å². The van der Waals surface area contributed by atoms with Crippen LogP contribution in [0.1, 0.15) is 36.3 Å².